The van der Waals surface area contributed by atoms with E-state index < -0.39 is 17.3 Å². The summed E-state index contributed by atoms with van der Waals surface area (Å²) in [5.41, 5.74) is 5.67. The van der Waals surface area contributed by atoms with Crippen molar-refractivity contribution in [1.29, 1.82) is 0 Å². The molecule has 2 amide bonds. The maximum absolute atomic E-state index is 12.9. The molecule has 1 atom stereocenters. The highest BCUT2D eigenvalue weighted by Gasteiger charge is 2.45. The first kappa shape index (κ1) is 20.3. The average Bonchev–Trinajstić information content (AvgIpc) is 2.96. The number of benzene rings is 1. The van der Waals surface area contributed by atoms with E-state index in [-0.39, 0.29) is 11.9 Å². The third-order valence-electron chi connectivity index (χ3n) is 6.06. The van der Waals surface area contributed by atoms with Gasteiger partial charge in [0.2, 0.25) is 11.8 Å². The largest absolute Gasteiger partial charge is 0.480 e. The van der Waals surface area contributed by atoms with E-state index in [9.17, 15) is 19.5 Å². The van der Waals surface area contributed by atoms with Crippen LogP contribution < -0.4 is 11.1 Å². The van der Waals surface area contributed by atoms with Gasteiger partial charge in [-0.15, -0.1) is 0 Å². The predicted octanol–water partition coefficient (Wildman–Crippen LogP) is 2.50. The van der Waals surface area contributed by atoms with Gasteiger partial charge in [0, 0.05) is 12.2 Å². The first-order valence-electron chi connectivity index (χ1n) is 10.1. The van der Waals surface area contributed by atoms with Crippen LogP contribution in [0.3, 0.4) is 0 Å². The normalized spacial score (nSPS) is 22.4. The molecule has 1 unspecified atom stereocenters. The van der Waals surface area contributed by atoms with E-state index in [1.54, 1.807) is 6.07 Å². The zero-order valence-electron chi connectivity index (χ0n) is 16.2. The maximum Gasteiger partial charge on any atom is 0.319 e. The van der Waals surface area contributed by atoms with E-state index in [2.05, 4.69) is 5.32 Å². The van der Waals surface area contributed by atoms with Crippen molar-refractivity contribution in [2.75, 3.05) is 11.9 Å². The molecule has 1 saturated heterocycles. The molecule has 152 valence electrons. The Morgan fingerprint density at radius 2 is 1.86 bits per heavy atom. The summed E-state index contributed by atoms with van der Waals surface area (Å²) >= 11 is 0. The number of primary amides is 1. The van der Waals surface area contributed by atoms with Crippen LogP contribution in [-0.4, -0.2) is 40.4 Å². The van der Waals surface area contributed by atoms with Crippen LogP contribution in [0.15, 0.2) is 24.3 Å². The second kappa shape index (κ2) is 8.73. The number of nitrogens with zero attached hydrogens (tertiary/aromatic N) is 1. The first-order chi connectivity index (χ1) is 13.4. The number of hydrogen-bond acceptors (Lipinski definition) is 4. The second-order valence-electron chi connectivity index (χ2n) is 7.99. The first-order valence-corrected chi connectivity index (χ1v) is 10.1. The average molecular weight is 387 g/mol. The van der Waals surface area contributed by atoms with Crippen LogP contribution in [0.25, 0.3) is 0 Å². The van der Waals surface area contributed by atoms with Gasteiger partial charge in [-0.25, -0.2) is 0 Å². The molecule has 4 N–H and O–H groups in total. The standard InChI is InChI=1S/C21H29N3O4/c22-18(25)17-9-6-12-24(17)14-15-7-5-8-16(13-15)23-19(26)21(20(27)28)10-3-1-2-4-11-21/h5,7-8,13,17H,1-4,6,9-12,14H2,(H2,22,25)(H,23,26)(H,27,28). The Labute approximate surface area is 165 Å². The number of carbonyl (C=O) groups is 3. The highest BCUT2D eigenvalue weighted by Crippen LogP contribution is 2.36. The van der Waals surface area contributed by atoms with Crippen molar-refractivity contribution < 1.29 is 19.5 Å². The van der Waals surface area contributed by atoms with Crippen LogP contribution in [0.1, 0.15) is 56.9 Å². The zero-order chi connectivity index (χ0) is 20.1. The van der Waals surface area contributed by atoms with Gasteiger partial charge in [0.15, 0.2) is 0 Å². The number of nitrogens with one attached hydrogen (secondary N) is 1. The van der Waals surface area contributed by atoms with E-state index in [4.69, 9.17) is 5.73 Å². The molecule has 1 heterocycles. The molecule has 1 aliphatic carbocycles. The number of hydrogen-bond donors (Lipinski definition) is 3. The summed E-state index contributed by atoms with van der Waals surface area (Å²) in [6.07, 6.45) is 5.90. The third kappa shape index (κ3) is 4.35. The topological polar surface area (TPSA) is 113 Å². The monoisotopic (exact) mass is 387 g/mol. The highest BCUT2D eigenvalue weighted by molar-refractivity contribution is 6.08. The number of rotatable bonds is 6. The summed E-state index contributed by atoms with van der Waals surface area (Å²) in [6.45, 7) is 1.38. The number of carbonyl (C=O) groups excluding carboxylic acids is 2. The molecule has 2 aliphatic rings. The van der Waals surface area contributed by atoms with Gasteiger partial charge in [-0.3, -0.25) is 19.3 Å². The van der Waals surface area contributed by atoms with E-state index in [0.29, 0.717) is 25.1 Å². The van der Waals surface area contributed by atoms with E-state index >= 15 is 0 Å². The summed E-state index contributed by atoms with van der Waals surface area (Å²) in [6, 6.07) is 7.13. The van der Waals surface area contributed by atoms with Gasteiger partial charge in [-0.2, -0.15) is 0 Å². The molecular weight excluding hydrogens is 358 g/mol. The van der Waals surface area contributed by atoms with Gasteiger partial charge in [-0.05, 0) is 49.9 Å². The van der Waals surface area contributed by atoms with Gasteiger partial charge in [0.05, 0.1) is 6.04 Å². The zero-order valence-corrected chi connectivity index (χ0v) is 16.2. The SMILES string of the molecule is NC(=O)C1CCCN1Cc1cccc(NC(=O)C2(C(=O)O)CCCCCC2)c1. The molecule has 1 aromatic rings. The molecule has 1 aliphatic heterocycles. The lowest BCUT2D eigenvalue weighted by Crippen LogP contribution is -2.42. The Balaban J connectivity index is 1.72. The highest BCUT2D eigenvalue weighted by atomic mass is 16.4. The van der Waals surface area contributed by atoms with Crippen LogP contribution in [0.2, 0.25) is 0 Å². The fourth-order valence-electron chi connectivity index (χ4n) is 4.44. The lowest BCUT2D eigenvalue weighted by Gasteiger charge is -2.27. The fraction of sp³-hybridized carbons (Fsp3) is 0.571. The number of amides is 2. The lowest BCUT2D eigenvalue weighted by molar-refractivity contribution is -0.155. The maximum atomic E-state index is 12.9. The number of aliphatic carboxylic acids is 1. The molecule has 0 bridgehead atoms. The van der Waals surface area contributed by atoms with E-state index in [0.717, 1.165) is 50.6 Å². The Hall–Kier alpha value is -2.41. The predicted molar refractivity (Wildman–Crippen MR) is 105 cm³/mol. The Kier molecular flexibility index (Phi) is 6.34. The number of anilines is 1. The second-order valence-corrected chi connectivity index (χ2v) is 7.99. The molecule has 7 nitrogen and oxygen atoms in total. The number of carboxylic acid groups (broad SMARTS) is 1. The Bertz CT molecular complexity index is 741. The molecule has 28 heavy (non-hydrogen) atoms. The van der Waals surface area contributed by atoms with Crippen molar-refractivity contribution in [2.24, 2.45) is 11.1 Å². The van der Waals surface area contributed by atoms with Crippen LogP contribution in [-0.2, 0) is 20.9 Å². The quantitative estimate of drug-likeness (QED) is 0.513. The van der Waals surface area contributed by atoms with Gasteiger partial charge >= 0.3 is 5.97 Å². The van der Waals surface area contributed by atoms with Crippen LogP contribution in [0, 0.1) is 5.41 Å². The minimum absolute atomic E-state index is 0.250. The van der Waals surface area contributed by atoms with Crippen molar-refractivity contribution in [3.63, 3.8) is 0 Å². The summed E-state index contributed by atoms with van der Waals surface area (Å²) < 4.78 is 0. The summed E-state index contributed by atoms with van der Waals surface area (Å²) in [7, 11) is 0. The molecule has 1 saturated carbocycles. The van der Waals surface area contributed by atoms with Crippen LogP contribution in [0.5, 0.6) is 0 Å². The van der Waals surface area contributed by atoms with Gasteiger partial charge < -0.3 is 16.2 Å². The molecule has 2 fully saturated rings. The van der Waals surface area contributed by atoms with Crippen molar-refractivity contribution in [3.05, 3.63) is 29.8 Å². The molecule has 1 aromatic carbocycles. The molecule has 0 aromatic heterocycles. The van der Waals surface area contributed by atoms with Crippen LogP contribution >= 0.6 is 0 Å². The van der Waals surface area contributed by atoms with E-state index in [1.165, 1.54) is 0 Å². The van der Waals surface area contributed by atoms with E-state index in [1.807, 2.05) is 23.1 Å². The third-order valence-corrected chi connectivity index (χ3v) is 6.06. The van der Waals surface area contributed by atoms with Crippen molar-refractivity contribution in [1.82, 2.24) is 4.90 Å². The van der Waals surface area contributed by atoms with Crippen LogP contribution in [0.4, 0.5) is 5.69 Å². The van der Waals surface area contributed by atoms with Crippen molar-refractivity contribution in [3.8, 4) is 0 Å². The van der Waals surface area contributed by atoms with Gasteiger partial charge in [0.1, 0.15) is 5.41 Å². The van der Waals surface area contributed by atoms with Crippen molar-refractivity contribution >= 4 is 23.5 Å². The molecular formula is C21H29N3O4. The smallest absolute Gasteiger partial charge is 0.319 e. The van der Waals surface area contributed by atoms with Crippen molar-refractivity contribution in [2.45, 2.75) is 64.0 Å². The number of carboxylic acids is 1. The fourth-order valence-corrected chi connectivity index (χ4v) is 4.44. The molecule has 0 radical (unpaired) electrons. The minimum atomic E-state index is -1.35. The number of nitrogens with two attached hydrogens (primary N) is 1. The lowest BCUT2D eigenvalue weighted by atomic mass is 9.79. The minimum Gasteiger partial charge on any atom is -0.480 e. The number of likely N-dealkylation sites (tertiary alicyclic amines) is 1. The molecule has 7 heteroatoms. The summed E-state index contributed by atoms with van der Waals surface area (Å²) in [4.78, 5) is 38.5. The Morgan fingerprint density at radius 1 is 1.14 bits per heavy atom. The van der Waals surface area contributed by atoms with Gasteiger partial charge in [-0.1, -0.05) is 37.8 Å². The molecule has 3 rings (SSSR count). The summed E-state index contributed by atoms with van der Waals surface area (Å²) in [5, 5.41) is 12.6. The summed E-state index contributed by atoms with van der Waals surface area (Å²) in [5.74, 6) is -1.78. The Morgan fingerprint density at radius 3 is 2.50 bits per heavy atom. The molecule has 0 spiro atoms. The van der Waals surface area contributed by atoms with Gasteiger partial charge in [0.25, 0.3) is 0 Å².